The molecule has 0 radical (unpaired) electrons. The first-order valence-electron chi connectivity index (χ1n) is 4.83. The van der Waals surface area contributed by atoms with Crippen molar-refractivity contribution in [2.24, 2.45) is 5.73 Å². The SMILES string of the molecule is CC=CCOc1ccc([C@@H](C)N)cc1. The number of nitrogens with two attached hydrogens (primary N) is 1. The summed E-state index contributed by atoms with van der Waals surface area (Å²) in [5.41, 5.74) is 6.86. The maximum absolute atomic E-state index is 5.73. The third-order valence-electron chi connectivity index (χ3n) is 1.99. The summed E-state index contributed by atoms with van der Waals surface area (Å²) in [6, 6.07) is 7.97. The lowest BCUT2D eigenvalue weighted by molar-refractivity contribution is 0.362. The largest absolute Gasteiger partial charge is 0.490 e. The molecular weight excluding hydrogens is 174 g/mol. The molecule has 2 nitrogen and oxygen atoms in total. The standard InChI is InChI=1S/C12H17NO/c1-3-4-9-14-12-7-5-11(6-8-12)10(2)13/h3-8,10H,9,13H2,1-2H3/t10-/m1/s1. The van der Waals surface area contributed by atoms with Crippen LogP contribution < -0.4 is 10.5 Å². The van der Waals surface area contributed by atoms with Crippen LogP contribution in [0.25, 0.3) is 0 Å². The van der Waals surface area contributed by atoms with Gasteiger partial charge in [0.2, 0.25) is 0 Å². The molecular formula is C12H17NO. The summed E-state index contributed by atoms with van der Waals surface area (Å²) in [5.74, 6) is 0.882. The molecule has 0 aliphatic heterocycles. The number of rotatable bonds is 4. The van der Waals surface area contributed by atoms with Gasteiger partial charge in [-0.3, -0.25) is 0 Å². The van der Waals surface area contributed by atoms with Crippen LogP contribution in [0.3, 0.4) is 0 Å². The minimum absolute atomic E-state index is 0.0830. The van der Waals surface area contributed by atoms with Crippen LogP contribution >= 0.6 is 0 Å². The fraction of sp³-hybridized carbons (Fsp3) is 0.333. The first-order valence-corrected chi connectivity index (χ1v) is 4.83. The highest BCUT2D eigenvalue weighted by atomic mass is 16.5. The molecule has 0 saturated heterocycles. The van der Waals surface area contributed by atoms with E-state index in [1.54, 1.807) is 0 Å². The molecule has 1 atom stereocenters. The van der Waals surface area contributed by atoms with E-state index in [4.69, 9.17) is 10.5 Å². The first kappa shape index (κ1) is 10.8. The maximum Gasteiger partial charge on any atom is 0.119 e. The van der Waals surface area contributed by atoms with E-state index in [1.807, 2.05) is 50.3 Å². The van der Waals surface area contributed by atoms with Crippen LogP contribution in [0.5, 0.6) is 5.75 Å². The van der Waals surface area contributed by atoms with Gasteiger partial charge >= 0.3 is 0 Å². The molecule has 0 aliphatic rings. The van der Waals surface area contributed by atoms with E-state index < -0.39 is 0 Å². The second kappa shape index (κ2) is 5.45. The van der Waals surface area contributed by atoms with Gasteiger partial charge in [0.1, 0.15) is 12.4 Å². The minimum Gasteiger partial charge on any atom is -0.490 e. The number of benzene rings is 1. The number of hydrogen-bond acceptors (Lipinski definition) is 2. The van der Waals surface area contributed by atoms with E-state index in [0.29, 0.717) is 6.61 Å². The van der Waals surface area contributed by atoms with Gasteiger partial charge in [-0.2, -0.15) is 0 Å². The quantitative estimate of drug-likeness (QED) is 0.742. The molecule has 0 unspecified atom stereocenters. The topological polar surface area (TPSA) is 35.2 Å². The third-order valence-corrected chi connectivity index (χ3v) is 1.99. The smallest absolute Gasteiger partial charge is 0.119 e. The molecule has 1 aromatic carbocycles. The van der Waals surface area contributed by atoms with Gasteiger partial charge in [0.25, 0.3) is 0 Å². The Bertz CT molecular complexity index is 288. The predicted molar refractivity (Wildman–Crippen MR) is 59.4 cm³/mol. The molecule has 0 bridgehead atoms. The summed E-state index contributed by atoms with van der Waals surface area (Å²) in [7, 11) is 0. The Morgan fingerprint density at radius 3 is 2.50 bits per heavy atom. The van der Waals surface area contributed by atoms with Crippen molar-refractivity contribution < 1.29 is 4.74 Å². The van der Waals surface area contributed by atoms with Crippen LogP contribution in [-0.2, 0) is 0 Å². The monoisotopic (exact) mass is 191 g/mol. The number of ether oxygens (including phenoxy) is 1. The van der Waals surface area contributed by atoms with Gasteiger partial charge in [0, 0.05) is 6.04 Å². The Hall–Kier alpha value is -1.28. The lowest BCUT2D eigenvalue weighted by Gasteiger charge is -2.07. The Balaban J connectivity index is 2.55. The minimum atomic E-state index is 0.0830. The molecule has 0 spiro atoms. The first-order chi connectivity index (χ1) is 6.74. The fourth-order valence-electron chi connectivity index (χ4n) is 1.11. The fourth-order valence-corrected chi connectivity index (χ4v) is 1.11. The molecule has 0 aromatic heterocycles. The Labute approximate surface area is 85.4 Å². The molecule has 0 fully saturated rings. The summed E-state index contributed by atoms with van der Waals surface area (Å²) < 4.78 is 5.45. The van der Waals surface area contributed by atoms with Gasteiger partial charge in [-0.15, -0.1) is 0 Å². The Morgan fingerprint density at radius 2 is 2.00 bits per heavy atom. The van der Waals surface area contributed by atoms with Gasteiger partial charge in [0.05, 0.1) is 0 Å². The number of allylic oxidation sites excluding steroid dienone is 1. The molecule has 1 aromatic rings. The van der Waals surface area contributed by atoms with Crippen molar-refractivity contribution >= 4 is 0 Å². The van der Waals surface area contributed by atoms with Crippen molar-refractivity contribution in [1.29, 1.82) is 0 Å². The molecule has 76 valence electrons. The average Bonchev–Trinajstić information content (AvgIpc) is 2.19. The number of hydrogen-bond donors (Lipinski definition) is 1. The summed E-state index contributed by atoms with van der Waals surface area (Å²) in [6.07, 6.45) is 3.94. The van der Waals surface area contributed by atoms with Crippen LogP contribution in [0, 0.1) is 0 Å². The van der Waals surface area contributed by atoms with E-state index in [2.05, 4.69) is 0 Å². The molecule has 14 heavy (non-hydrogen) atoms. The Kier molecular flexibility index (Phi) is 4.20. The van der Waals surface area contributed by atoms with E-state index in [9.17, 15) is 0 Å². The highest BCUT2D eigenvalue weighted by molar-refractivity contribution is 5.28. The molecule has 0 saturated carbocycles. The van der Waals surface area contributed by atoms with Crippen LogP contribution in [0.1, 0.15) is 25.5 Å². The second-order valence-corrected chi connectivity index (χ2v) is 3.24. The van der Waals surface area contributed by atoms with Crippen LogP contribution in [-0.4, -0.2) is 6.61 Å². The van der Waals surface area contributed by atoms with Crippen molar-refractivity contribution in [3.63, 3.8) is 0 Å². The normalized spacial score (nSPS) is 13.1. The van der Waals surface area contributed by atoms with Crippen molar-refractivity contribution in [2.45, 2.75) is 19.9 Å². The van der Waals surface area contributed by atoms with E-state index in [-0.39, 0.29) is 6.04 Å². The molecule has 0 amide bonds. The van der Waals surface area contributed by atoms with Crippen LogP contribution in [0.2, 0.25) is 0 Å². The average molecular weight is 191 g/mol. The second-order valence-electron chi connectivity index (χ2n) is 3.24. The van der Waals surface area contributed by atoms with E-state index in [1.165, 1.54) is 0 Å². The molecule has 1 rings (SSSR count). The van der Waals surface area contributed by atoms with Crippen molar-refractivity contribution in [2.75, 3.05) is 6.61 Å². The molecule has 2 heteroatoms. The van der Waals surface area contributed by atoms with Crippen molar-refractivity contribution in [3.05, 3.63) is 42.0 Å². The summed E-state index contributed by atoms with van der Waals surface area (Å²) in [5, 5.41) is 0. The highest BCUT2D eigenvalue weighted by Gasteiger charge is 1.98. The highest BCUT2D eigenvalue weighted by Crippen LogP contribution is 2.15. The molecule has 2 N–H and O–H groups in total. The Morgan fingerprint density at radius 1 is 1.36 bits per heavy atom. The molecule has 0 aliphatic carbocycles. The van der Waals surface area contributed by atoms with Crippen LogP contribution in [0.4, 0.5) is 0 Å². The van der Waals surface area contributed by atoms with Gasteiger partial charge in [-0.1, -0.05) is 24.3 Å². The maximum atomic E-state index is 5.73. The zero-order valence-corrected chi connectivity index (χ0v) is 8.73. The summed E-state index contributed by atoms with van der Waals surface area (Å²) in [6.45, 7) is 4.56. The predicted octanol–water partition coefficient (Wildman–Crippen LogP) is 2.66. The van der Waals surface area contributed by atoms with E-state index >= 15 is 0 Å². The lowest BCUT2D eigenvalue weighted by Crippen LogP contribution is -2.04. The lowest BCUT2D eigenvalue weighted by atomic mass is 10.1. The van der Waals surface area contributed by atoms with Gasteiger partial charge < -0.3 is 10.5 Å². The zero-order chi connectivity index (χ0) is 10.4. The van der Waals surface area contributed by atoms with Crippen LogP contribution in [0.15, 0.2) is 36.4 Å². The van der Waals surface area contributed by atoms with Gasteiger partial charge in [0.15, 0.2) is 0 Å². The van der Waals surface area contributed by atoms with Crippen molar-refractivity contribution in [3.8, 4) is 5.75 Å². The summed E-state index contributed by atoms with van der Waals surface area (Å²) >= 11 is 0. The molecule has 0 heterocycles. The zero-order valence-electron chi connectivity index (χ0n) is 8.73. The van der Waals surface area contributed by atoms with Gasteiger partial charge in [-0.05, 0) is 31.5 Å². The summed E-state index contributed by atoms with van der Waals surface area (Å²) in [4.78, 5) is 0. The van der Waals surface area contributed by atoms with Crippen molar-refractivity contribution in [1.82, 2.24) is 0 Å². The third kappa shape index (κ3) is 3.23. The van der Waals surface area contributed by atoms with Gasteiger partial charge in [-0.25, -0.2) is 0 Å². The van der Waals surface area contributed by atoms with E-state index in [0.717, 1.165) is 11.3 Å².